The second-order valence-electron chi connectivity index (χ2n) is 6.31. The highest BCUT2D eigenvalue weighted by Gasteiger charge is 2.65. The molecule has 1 aromatic heterocycles. The van der Waals surface area contributed by atoms with Crippen LogP contribution < -0.4 is 10.6 Å². The van der Waals surface area contributed by atoms with Crippen LogP contribution in [0, 0.1) is 10.8 Å². The predicted molar refractivity (Wildman–Crippen MR) is 77.2 cm³/mol. The first-order chi connectivity index (χ1) is 8.80. The molecule has 104 valence electrons. The summed E-state index contributed by atoms with van der Waals surface area (Å²) in [5.41, 5.74) is 1.68. The second-order valence-corrected chi connectivity index (χ2v) is 6.31. The lowest BCUT2D eigenvalue weighted by molar-refractivity contribution is 0.0938. The molecule has 1 amide bonds. The number of aromatic nitrogens is 1. The van der Waals surface area contributed by atoms with E-state index in [2.05, 4.69) is 43.3 Å². The molecule has 1 fully saturated rings. The molecule has 0 bridgehead atoms. The normalized spacial score (nSPS) is 19.8. The van der Waals surface area contributed by atoms with Crippen LogP contribution in [0.3, 0.4) is 0 Å². The van der Waals surface area contributed by atoms with Crippen molar-refractivity contribution >= 4 is 11.6 Å². The molecule has 0 atom stereocenters. The highest BCUT2D eigenvalue weighted by atomic mass is 16.2. The topological polar surface area (TPSA) is 54.0 Å². The van der Waals surface area contributed by atoms with Crippen molar-refractivity contribution in [2.45, 2.75) is 40.7 Å². The summed E-state index contributed by atoms with van der Waals surface area (Å²) in [7, 11) is 0. The highest BCUT2D eigenvalue weighted by Crippen LogP contribution is 2.62. The average molecular weight is 261 g/mol. The van der Waals surface area contributed by atoms with Crippen LogP contribution in [0.4, 0.5) is 5.69 Å². The number of carbonyl (C=O) groups excluding carboxylic acids is 1. The molecular formula is C15H23N3O. The lowest BCUT2D eigenvalue weighted by atomic mass is 10.0. The zero-order chi connectivity index (χ0) is 14.3. The maximum atomic E-state index is 12.2. The van der Waals surface area contributed by atoms with E-state index in [0.29, 0.717) is 5.69 Å². The van der Waals surface area contributed by atoms with Gasteiger partial charge in [0.25, 0.3) is 5.91 Å². The van der Waals surface area contributed by atoms with Gasteiger partial charge in [0.05, 0.1) is 0 Å². The summed E-state index contributed by atoms with van der Waals surface area (Å²) < 4.78 is 0. The Bertz CT molecular complexity index is 480. The summed E-state index contributed by atoms with van der Waals surface area (Å²) >= 11 is 0. The van der Waals surface area contributed by atoms with Crippen LogP contribution in [0.15, 0.2) is 18.3 Å². The molecule has 4 nitrogen and oxygen atoms in total. The van der Waals surface area contributed by atoms with Gasteiger partial charge in [0.15, 0.2) is 0 Å². The molecule has 1 aliphatic carbocycles. The molecule has 0 aromatic carbocycles. The van der Waals surface area contributed by atoms with Crippen molar-refractivity contribution in [3.63, 3.8) is 0 Å². The second kappa shape index (κ2) is 4.51. The highest BCUT2D eigenvalue weighted by molar-refractivity contribution is 5.93. The Balaban J connectivity index is 2.07. The number of rotatable bonds is 4. The quantitative estimate of drug-likeness (QED) is 0.876. The summed E-state index contributed by atoms with van der Waals surface area (Å²) in [4.78, 5) is 16.4. The summed E-state index contributed by atoms with van der Waals surface area (Å²) in [5.74, 6) is -0.0941. The maximum absolute atomic E-state index is 12.2. The van der Waals surface area contributed by atoms with Gasteiger partial charge in [-0.3, -0.25) is 9.78 Å². The third-order valence-corrected chi connectivity index (χ3v) is 4.67. The van der Waals surface area contributed by atoms with Gasteiger partial charge in [-0.25, -0.2) is 0 Å². The van der Waals surface area contributed by atoms with Gasteiger partial charge in [-0.05, 0) is 29.9 Å². The first-order valence-electron chi connectivity index (χ1n) is 6.81. The lowest BCUT2D eigenvalue weighted by Gasteiger charge is -2.08. The van der Waals surface area contributed by atoms with E-state index in [-0.39, 0.29) is 22.8 Å². The molecule has 0 saturated heterocycles. The summed E-state index contributed by atoms with van der Waals surface area (Å²) in [6, 6.07) is 3.86. The van der Waals surface area contributed by atoms with E-state index in [1.165, 1.54) is 0 Å². The van der Waals surface area contributed by atoms with Crippen molar-refractivity contribution in [1.29, 1.82) is 0 Å². The van der Waals surface area contributed by atoms with Gasteiger partial charge in [0, 0.05) is 24.5 Å². The number of hydrogen-bond acceptors (Lipinski definition) is 3. The molecule has 19 heavy (non-hydrogen) atoms. The van der Waals surface area contributed by atoms with E-state index in [9.17, 15) is 4.79 Å². The van der Waals surface area contributed by atoms with Crippen LogP contribution in [0.1, 0.15) is 45.1 Å². The molecule has 1 saturated carbocycles. The maximum Gasteiger partial charge on any atom is 0.270 e. The van der Waals surface area contributed by atoms with Crippen LogP contribution in [0.25, 0.3) is 0 Å². The fourth-order valence-electron chi connectivity index (χ4n) is 2.63. The van der Waals surface area contributed by atoms with Gasteiger partial charge < -0.3 is 10.6 Å². The van der Waals surface area contributed by atoms with Crippen LogP contribution in [-0.4, -0.2) is 23.5 Å². The minimum atomic E-state index is -0.0941. The van der Waals surface area contributed by atoms with Gasteiger partial charge >= 0.3 is 0 Å². The molecule has 1 aromatic rings. The number of hydrogen-bond donors (Lipinski definition) is 2. The molecule has 0 aliphatic heterocycles. The van der Waals surface area contributed by atoms with E-state index in [1.807, 2.05) is 13.0 Å². The lowest BCUT2D eigenvalue weighted by Crippen LogP contribution is -2.30. The third-order valence-electron chi connectivity index (χ3n) is 4.67. The number of carbonyl (C=O) groups is 1. The zero-order valence-electron chi connectivity index (χ0n) is 12.4. The van der Waals surface area contributed by atoms with E-state index in [0.717, 1.165) is 12.2 Å². The molecule has 2 rings (SSSR count). The van der Waals surface area contributed by atoms with Gasteiger partial charge in [0.2, 0.25) is 0 Å². The molecule has 0 spiro atoms. The number of nitrogens with one attached hydrogen (secondary N) is 2. The standard InChI is InChI=1S/C15H23N3O/c1-6-16-10-7-8-17-11(9-10)12(19)18-13-14(2,3)15(13,4)5/h7-9,13H,6H2,1-5H3,(H,16,17)(H,18,19). The van der Waals surface area contributed by atoms with E-state index in [1.54, 1.807) is 12.3 Å². The number of pyridine rings is 1. The first-order valence-corrected chi connectivity index (χ1v) is 6.81. The van der Waals surface area contributed by atoms with Gasteiger partial charge in [0.1, 0.15) is 5.69 Å². The average Bonchev–Trinajstić information content (AvgIpc) is 2.72. The molecule has 0 radical (unpaired) electrons. The van der Waals surface area contributed by atoms with Crippen molar-refractivity contribution in [2.24, 2.45) is 10.8 Å². The SMILES string of the molecule is CCNc1ccnc(C(=O)NC2C(C)(C)C2(C)C)c1. The molecule has 1 aliphatic rings. The fourth-order valence-corrected chi connectivity index (χ4v) is 2.63. The Morgan fingerprint density at radius 1 is 1.32 bits per heavy atom. The van der Waals surface area contributed by atoms with Crippen molar-refractivity contribution in [3.05, 3.63) is 24.0 Å². The predicted octanol–water partition coefficient (Wildman–Crippen LogP) is 2.68. The Kier molecular flexibility index (Phi) is 3.29. The summed E-state index contributed by atoms with van der Waals surface area (Å²) in [5, 5.41) is 6.28. The summed E-state index contributed by atoms with van der Waals surface area (Å²) in [6.45, 7) is 11.6. The minimum Gasteiger partial charge on any atom is -0.385 e. The monoisotopic (exact) mass is 261 g/mol. The zero-order valence-corrected chi connectivity index (χ0v) is 12.4. The Morgan fingerprint density at radius 2 is 1.95 bits per heavy atom. The number of amides is 1. The van der Waals surface area contributed by atoms with Crippen LogP contribution in [0.2, 0.25) is 0 Å². The van der Waals surface area contributed by atoms with Gasteiger partial charge in [-0.15, -0.1) is 0 Å². The molecule has 2 N–H and O–H groups in total. The van der Waals surface area contributed by atoms with E-state index < -0.39 is 0 Å². The first kappa shape index (κ1) is 13.8. The van der Waals surface area contributed by atoms with Gasteiger partial charge in [-0.2, -0.15) is 0 Å². The Hall–Kier alpha value is -1.58. The van der Waals surface area contributed by atoms with Gasteiger partial charge in [-0.1, -0.05) is 27.7 Å². The van der Waals surface area contributed by atoms with E-state index >= 15 is 0 Å². The van der Waals surface area contributed by atoms with E-state index in [4.69, 9.17) is 0 Å². The van der Waals surface area contributed by atoms with Crippen LogP contribution >= 0.6 is 0 Å². The van der Waals surface area contributed by atoms with Crippen molar-refractivity contribution in [2.75, 3.05) is 11.9 Å². The smallest absolute Gasteiger partial charge is 0.270 e. The molecule has 4 heteroatoms. The third kappa shape index (κ3) is 2.31. The fraction of sp³-hybridized carbons (Fsp3) is 0.600. The molecule has 0 unspecified atom stereocenters. The number of nitrogens with zero attached hydrogens (tertiary/aromatic N) is 1. The number of anilines is 1. The molecule has 1 heterocycles. The largest absolute Gasteiger partial charge is 0.385 e. The molecular weight excluding hydrogens is 238 g/mol. The Labute approximate surface area is 115 Å². The van der Waals surface area contributed by atoms with Crippen molar-refractivity contribution < 1.29 is 4.79 Å². The van der Waals surface area contributed by atoms with Crippen molar-refractivity contribution in [1.82, 2.24) is 10.3 Å². The van der Waals surface area contributed by atoms with Crippen LogP contribution in [-0.2, 0) is 0 Å². The Morgan fingerprint density at radius 3 is 2.47 bits per heavy atom. The minimum absolute atomic E-state index is 0.0941. The van der Waals surface area contributed by atoms with Crippen molar-refractivity contribution in [3.8, 4) is 0 Å². The summed E-state index contributed by atoms with van der Waals surface area (Å²) in [6.07, 6.45) is 1.66. The van der Waals surface area contributed by atoms with Crippen LogP contribution in [0.5, 0.6) is 0 Å².